The van der Waals surface area contributed by atoms with Crippen molar-refractivity contribution < 1.29 is 14.0 Å². The summed E-state index contributed by atoms with van der Waals surface area (Å²) >= 11 is 10.1. The average Bonchev–Trinajstić information content (AvgIpc) is 3.19. The molecule has 0 unspecified atom stereocenters. The van der Waals surface area contributed by atoms with Crippen LogP contribution in [0.5, 0.6) is 0 Å². The van der Waals surface area contributed by atoms with E-state index < -0.39 is 0 Å². The van der Waals surface area contributed by atoms with Gasteiger partial charge in [-0.25, -0.2) is 4.39 Å². The number of halogens is 2. The molecule has 0 bridgehead atoms. The number of amides is 2. The highest BCUT2D eigenvalue weighted by Crippen LogP contribution is 2.45. The summed E-state index contributed by atoms with van der Waals surface area (Å²) < 4.78 is 14.5. The maximum absolute atomic E-state index is 13.5. The number of rotatable bonds is 7. The van der Waals surface area contributed by atoms with E-state index in [0.29, 0.717) is 21.3 Å². The number of thiocarbonyl (C=S) groups is 1. The van der Waals surface area contributed by atoms with Crippen LogP contribution in [0.3, 0.4) is 0 Å². The molecule has 8 heteroatoms. The first-order chi connectivity index (χ1) is 15.4. The number of unbranched alkanes of at least 4 members (excludes halogenated alkanes) is 3. The van der Waals surface area contributed by atoms with Crippen LogP contribution in [0.4, 0.5) is 10.1 Å². The molecule has 0 spiro atoms. The maximum Gasteiger partial charge on any atom is 0.267 e. The standard InChI is InChI=1S/C24H22BrFN2O2S2/c1-2-3-4-5-12-27-19-11-8-16(25)13-18(19)20(22(27)29)21-23(30)28(24(31)32-21)14-15-6-9-17(26)10-7-15/h6-11,13H,2-5,12,14H2,1H3/b21-20-. The van der Waals surface area contributed by atoms with E-state index in [2.05, 4.69) is 22.9 Å². The molecule has 4 rings (SSSR count). The highest BCUT2D eigenvalue weighted by atomic mass is 79.9. The van der Waals surface area contributed by atoms with Crippen LogP contribution in [0.25, 0.3) is 5.57 Å². The van der Waals surface area contributed by atoms with Crippen LogP contribution >= 0.6 is 39.9 Å². The number of thioether (sulfide) groups is 1. The van der Waals surface area contributed by atoms with Gasteiger partial charge in [-0.15, -0.1) is 0 Å². The van der Waals surface area contributed by atoms with Crippen molar-refractivity contribution >= 4 is 67.3 Å². The lowest BCUT2D eigenvalue weighted by Gasteiger charge is -2.17. The Morgan fingerprint density at radius 3 is 2.47 bits per heavy atom. The van der Waals surface area contributed by atoms with Crippen LogP contribution < -0.4 is 4.90 Å². The molecule has 0 radical (unpaired) electrons. The molecular formula is C24H22BrFN2O2S2. The van der Waals surface area contributed by atoms with Gasteiger partial charge in [-0.2, -0.15) is 0 Å². The van der Waals surface area contributed by atoms with Crippen molar-refractivity contribution in [3.63, 3.8) is 0 Å². The summed E-state index contributed by atoms with van der Waals surface area (Å²) in [6.07, 6.45) is 4.22. The van der Waals surface area contributed by atoms with Crippen molar-refractivity contribution in [1.29, 1.82) is 0 Å². The number of anilines is 1. The second-order valence-electron chi connectivity index (χ2n) is 7.77. The fraction of sp³-hybridized carbons (Fsp3) is 0.292. The van der Waals surface area contributed by atoms with Gasteiger partial charge in [-0.3, -0.25) is 14.5 Å². The molecule has 2 aliphatic rings. The van der Waals surface area contributed by atoms with E-state index in [4.69, 9.17) is 12.2 Å². The molecule has 0 N–H and O–H groups in total. The molecule has 2 heterocycles. The molecule has 0 atom stereocenters. The topological polar surface area (TPSA) is 40.6 Å². The summed E-state index contributed by atoms with van der Waals surface area (Å²) in [6, 6.07) is 11.7. The largest absolute Gasteiger partial charge is 0.308 e. The summed E-state index contributed by atoms with van der Waals surface area (Å²) in [5.41, 5.74) is 2.76. The number of hydrogen-bond acceptors (Lipinski definition) is 4. The Kier molecular flexibility index (Phi) is 7.12. The lowest BCUT2D eigenvalue weighted by atomic mass is 10.1. The van der Waals surface area contributed by atoms with E-state index in [0.717, 1.165) is 58.7 Å². The summed E-state index contributed by atoms with van der Waals surface area (Å²) in [6.45, 7) is 3.01. The summed E-state index contributed by atoms with van der Waals surface area (Å²) in [5.74, 6) is -0.776. The highest BCUT2D eigenvalue weighted by molar-refractivity contribution is 9.10. The minimum atomic E-state index is -0.334. The Balaban J connectivity index is 1.66. The molecule has 1 fully saturated rings. The quantitative estimate of drug-likeness (QED) is 0.239. The number of hydrogen-bond donors (Lipinski definition) is 0. The van der Waals surface area contributed by atoms with E-state index in [1.54, 1.807) is 17.0 Å². The van der Waals surface area contributed by atoms with Crippen LogP contribution in [-0.4, -0.2) is 27.6 Å². The van der Waals surface area contributed by atoms with E-state index >= 15 is 0 Å². The molecule has 166 valence electrons. The van der Waals surface area contributed by atoms with Crippen molar-refractivity contribution in [3.8, 4) is 0 Å². The monoisotopic (exact) mass is 532 g/mol. The van der Waals surface area contributed by atoms with Crippen molar-refractivity contribution in [3.05, 3.63) is 68.8 Å². The van der Waals surface area contributed by atoms with Gasteiger partial charge >= 0.3 is 0 Å². The Hall–Kier alpha value is -2.03. The second kappa shape index (κ2) is 9.85. The number of carbonyl (C=O) groups excluding carboxylic acids is 2. The molecule has 2 amide bonds. The lowest BCUT2D eigenvalue weighted by Crippen LogP contribution is -2.29. The Labute approximate surface area is 205 Å². The molecule has 0 aliphatic carbocycles. The van der Waals surface area contributed by atoms with Crippen molar-refractivity contribution in [2.75, 3.05) is 11.4 Å². The van der Waals surface area contributed by atoms with E-state index in [9.17, 15) is 14.0 Å². The lowest BCUT2D eigenvalue weighted by molar-refractivity contribution is -0.122. The van der Waals surface area contributed by atoms with Gasteiger partial charge in [0.1, 0.15) is 10.1 Å². The summed E-state index contributed by atoms with van der Waals surface area (Å²) in [7, 11) is 0. The molecular weight excluding hydrogens is 511 g/mol. The molecule has 2 aromatic carbocycles. The average molecular weight is 533 g/mol. The van der Waals surface area contributed by atoms with Crippen molar-refractivity contribution in [2.45, 2.75) is 39.2 Å². The molecule has 2 aromatic rings. The van der Waals surface area contributed by atoms with Gasteiger partial charge in [0.05, 0.1) is 22.7 Å². The maximum atomic E-state index is 13.5. The second-order valence-corrected chi connectivity index (χ2v) is 10.3. The SMILES string of the molecule is CCCCCCN1C(=O)/C(=C2\SC(=S)N(Cc3ccc(F)cc3)C2=O)c2cc(Br)ccc21. The molecule has 0 aromatic heterocycles. The first-order valence-electron chi connectivity index (χ1n) is 10.5. The number of benzene rings is 2. The van der Waals surface area contributed by atoms with E-state index in [1.807, 2.05) is 18.2 Å². The number of fused-ring (bicyclic) bond motifs is 1. The van der Waals surface area contributed by atoms with Crippen LogP contribution in [0, 0.1) is 5.82 Å². The van der Waals surface area contributed by atoms with Crippen molar-refractivity contribution in [1.82, 2.24) is 4.90 Å². The molecule has 4 nitrogen and oxygen atoms in total. The van der Waals surface area contributed by atoms with Crippen molar-refractivity contribution in [2.24, 2.45) is 0 Å². The molecule has 0 saturated carbocycles. The predicted octanol–water partition coefficient (Wildman–Crippen LogP) is 6.29. The van der Waals surface area contributed by atoms with Gasteiger partial charge in [-0.1, -0.05) is 78.2 Å². The van der Waals surface area contributed by atoms with Gasteiger partial charge < -0.3 is 4.90 Å². The fourth-order valence-electron chi connectivity index (χ4n) is 3.90. The first kappa shape index (κ1) is 23.1. The number of nitrogens with zero attached hydrogens (tertiary/aromatic N) is 2. The van der Waals surface area contributed by atoms with Gasteiger partial charge in [0.25, 0.3) is 11.8 Å². The minimum Gasteiger partial charge on any atom is -0.308 e. The predicted molar refractivity (Wildman–Crippen MR) is 135 cm³/mol. The van der Waals surface area contributed by atoms with E-state index in [1.165, 1.54) is 17.0 Å². The zero-order valence-corrected chi connectivity index (χ0v) is 20.8. The van der Waals surface area contributed by atoms with Crippen LogP contribution in [0.15, 0.2) is 51.8 Å². The summed E-state index contributed by atoms with van der Waals surface area (Å²) in [4.78, 5) is 30.4. The van der Waals surface area contributed by atoms with Crippen LogP contribution in [-0.2, 0) is 16.1 Å². The Bertz CT molecular complexity index is 1120. The Morgan fingerprint density at radius 2 is 1.75 bits per heavy atom. The van der Waals surface area contributed by atoms with E-state index in [-0.39, 0.29) is 24.2 Å². The van der Waals surface area contributed by atoms with Gasteiger partial charge in [-0.05, 0) is 42.3 Å². The third-order valence-electron chi connectivity index (χ3n) is 5.54. The first-order valence-corrected chi connectivity index (χ1v) is 12.6. The molecule has 1 saturated heterocycles. The smallest absolute Gasteiger partial charge is 0.267 e. The third-order valence-corrected chi connectivity index (χ3v) is 7.48. The van der Waals surface area contributed by atoms with Crippen LogP contribution in [0.2, 0.25) is 0 Å². The van der Waals surface area contributed by atoms with Gasteiger partial charge in [0.2, 0.25) is 0 Å². The highest BCUT2D eigenvalue weighted by Gasteiger charge is 2.42. The summed E-state index contributed by atoms with van der Waals surface area (Å²) in [5, 5.41) is 0. The third kappa shape index (κ3) is 4.54. The molecule has 2 aliphatic heterocycles. The van der Waals surface area contributed by atoms with Gasteiger partial charge in [0, 0.05) is 16.6 Å². The fourth-order valence-corrected chi connectivity index (χ4v) is 5.59. The zero-order valence-electron chi connectivity index (χ0n) is 17.6. The minimum absolute atomic E-state index is 0.156. The van der Waals surface area contributed by atoms with Gasteiger partial charge in [0.15, 0.2) is 0 Å². The normalized spacial score (nSPS) is 18.2. The molecule has 32 heavy (non-hydrogen) atoms. The zero-order chi connectivity index (χ0) is 22.8. The Morgan fingerprint density at radius 1 is 1.00 bits per heavy atom. The van der Waals surface area contributed by atoms with Crippen LogP contribution in [0.1, 0.15) is 43.7 Å². The number of carbonyl (C=O) groups is 2.